The molecule has 5 heteroatoms. The zero-order valence-corrected chi connectivity index (χ0v) is 10.3. The molecule has 0 unspecified atom stereocenters. The first-order chi connectivity index (χ1) is 7.13. The molecule has 0 heterocycles. The van der Waals surface area contributed by atoms with E-state index in [2.05, 4.69) is 15.9 Å². The highest BCUT2D eigenvalue weighted by atomic mass is 79.9. The fourth-order valence-electron chi connectivity index (χ4n) is 1.14. The zero-order chi connectivity index (χ0) is 11.4. The molecule has 4 nitrogen and oxygen atoms in total. The van der Waals surface area contributed by atoms with E-state index < -0.39 is 0 Å². The Hall–Kier alpha value is -1.23. The van der Waals surface area contributed by atoms with E-state index in [9.17, 15) is 0 Å². The van der Waals surface area contributed by atoms with Gasteiger partial charge in [0.1, 0.15) is 0 Å². The Balaban J connectivity index is 3.25. The van der Waals surface area contributed by atoms with Gasteiger partial charge in [0.15, 0.2) is 11.5 Å². The monoisotopic (exact) mass is 273 g/mol. The molecule has 1 aromatic rings. The van der Waals surface area contributed by atoms with Crippen LogP contribution in [0.3, 0.4) is 0 Å². The molecule has 0 fully saturated rings. The van der Waals surface area contributed by atoms with Crippen LogP contribution in [0.5, 0.6) is 11.5 Å². The second-order valence-electron chi connectivity index (χ2n) is 2.72. The average molecular weight is 274 g/mol. The third kappa shape index (κ3) is 2.41. The lowest BCUT2D eigenvalue weighted by Crippen LogP contribution is -2.03. The van der Waals surface area contributed by atoms with Gasteiger partial charge in [-0.1, -0.05) is 0 Å². The van der Waals surface area contributed by atoms with E-state index in [1.807, 2.05) is 0 Å². The molecule has 0 saturated heterocycles. The summed E-state index contributed by atoms with van der Waals surface area (Å²) in [4.78, 5) is 0. The molecule has 0 aromatic heterocycles. The first-order valence-corrected chi connectivity index (χ1v) is 4.97. The standard InChI is InChI=1S/C10H12BrNO3/c1-13-8-4-6(10(12)15-3)7(11)5-9(8)14-2/h4-5,12H,1-3H3. The molecule has 0 spiro atoms. The molecule has 0 amide bonds. The summed E-state index contributed by atoms with van der Waals surface area (Å²) in [5.41, 5.74) is 0.621. The van der Waals surface area contributed by atoms with Crippen molar-refractivity contribution in [3.8, 4) is 11.5 Å². The number of hydrogen-bond donors (Lipinski definition) is 1. The van der Waals surface area contributed by atoms with Crippen LogP contribution >= 0.6 is 15.9 Å². The normalized spacial score (nSPS) is 9.60. The van der Waals surface area contributed by atoms with Crippen molar-refractivity contribution in [2.45, 2.75) is 0 Å². The highest BCUT2D eigenvalue weighted by Gasteiger charge is 2.13. The van der Waals surface area contributed by atoms with Crippen molar-refractivity contribution in [2.24, 2.45) is 0 Å². The van der Waals surface area contributed by atoms with Gasteiger partial charge in [0.2, 0.25) is 5.90 Å². The van der Waals surface area contributed by atoms with Crippen molar-refractivity contribution in [1.29, 1.82) is 5.41 Å². The SMILES string of the molecule is COC(=N)c1cc(OC)c(OC)cc1Br. The molecule has 0 atom stereocenters. The fraction of sp³-hybridized carbons (Fsp3) is 0.300. The van der Waals surface area contributed by atoms with E-state index in [1.165, 1.54) is 7.11 Å². The van der Waals surface area contributed by atoms with Crippen LogP contribution < -0.4 is 9.47 Å². The van der Waals surface area contributed by atoms with Crippen molar-refractivity contribution in [3.05, 3.63) is 22.2 Å². The van der Waals surface area contributed by atoms with Crippen LogP contribution in [0, 0.1) is 5.41 Å². The Morgan fingerprint density at radius 2 is 1.67 bits per heavy atom. The van der Waals surface area contributed by atoms with Crippen molar-refractivity contribution >= 4 is 21.8 Å². The van der Waals surface area contributed by atoms with Gasteiger partial charge in [0.05, 0.1) is 26.9 Å². The molecule has 1 rings (SSSR count). The molecule has 0 aliphatic heterocycles. The number of halogens is 1. The molecule has 82 valence electrons. The van der Waals surface area contributed by atoms with Gasteiger partial charge in [0, 0.05) is 4.47 Å². The molecule has 1 aromatic carbocycles. The van der Waals surface area contributed by atoms with Crippen LogP contribution in [-0.2, 0) is 4.74 Å². The predicted molar refractivity (Wildman–Crippen MR) is 61.1 cm³/mol. The maximum Gasteiger partial charge on any atom is 0.214 e. The van der Waals surface area contributed by atoms with E-state index in [4.69, 9.17) is 19.6 Å². The molecule has 0 bridgehead atoms. The van der Waals surface area contributed by atoms with Crippen LogP contribution in [0.4, 0.5) is 0 Å². The molecule has 15 heavy (non-hydrogen) atoms. The quantitative estimate of drug-likeness (QED) is 0.680. The van der Waals surface area contributed by atoms with Gasteiger partial charge >= 0.3 is 0 Å². The third-order valence-corrected chi connectivity index (χ3v) is 2.58. The predicted octanol–water partition coefficient (Wildman–Crippen LogP) is 2.44. The summed E-state index contributed by atoms with van der Waals surface area (Å²) >= 11 is 3.34. The first kappa shape index (κ1) is 11.8. The van der Waals surface area contributed by atoms with Crippen molar-refractivity contribution in [3.63, 3.8) is 0 Å². The maximum atomic E-state index is 7.57. The second kappa shape index (κ2) is 5.02. The third-order valence-electron chi connectivity index (χ3n) is 1.92. The van der Waals surface area contributed by atoms with Gasteiger partial charge in [0.25, 0.3) is 0 Å². The Labute approximate surface area is 96.8 Å². The van der Waals surface area contributed by atoms with Crippen LogP contribution in [-0.4, -0.2) is 27.2 Å². The van der Waals surface area contributed by atoms with Crippen LogP contribution in [0.25, 0.3) is 0 Å². The molecule has 0 aliphatic rings. The highest BCUT2D eigenvalue weighted by Crippen LogP contribution is 2.33. The number of ether oxygens (including phenoxy) is 3. The number of methoxy groups -OCH3 is 3. The zero-order valence-electron chi connectivity index (χ0n) is 8.76. The summed E-state index contributed by atoms with van der Waals surface area (Å²) in [7, 11) is 4.56. The first-order valence-electron chi connectivity index (χ1n) is 4.18. The Bertz CT molecular complexity index is 379. The smallest absolute Gasteiger partial charge is 0.214 e. The van der Waals surface area contributed by atoms with E-state index in [0.717, 1.165) is 4.47 Å². The van der Waals surface area contributed by atoms with E-state index in [0.29, 0.717) is 17.1 Å². The minimum absolute atomic E-state index is 0.0721. The van der Waals surface area contributed by atoms with Gasteiger partial charge in [-0.2, -0.15) is 0 Å². The number of rotatable bonds is 3. The summed E-state index contributed by atoms with van der Waals surface area (Å²) in [6.45, 7) is 0. The number of hydrogen-bond acceptors (Lipinski definition) is 4. The molecule has 0 aliphatic carbocycles. The lowest BCUT2D eigenvalue weighted by molar-refractivity contribution is 0.354. The molecular formula is C10H12BrNO3. The van der Waals surface area contributed by atoms with Gasteiger partial charge < -0.3 is 14.2 Å². The summed E-state index contributed by atoms with van der Waals surface area (Å²) < 4.78 is 15.8. The van der Waals surface area contributed by atoms with E-state index >= 15 is 0 Å². The summed E-state index contributed by atoms with van der Waals surface area (Å²) in [5, 5.41) is 7.57. The molecule has 1 N–H and O–H groups in total. The fourth-order valence-corrected chi connectivity index (χ4v) is 1.64. The van der Waals surface area contributed by atoms with Crippen LogP contribution in [0.15, 0.2) is 16.6 Å². The Morgan fingerprint density at radius 3 is 2.13 bits per heavy atom. The molecule has 0 saturated carbocycles. The van der Waals surface area contributed by atoms with Crippen molar-refractivity contribution in [1.82, 2.24) is 0 Å². The van der Waals surface area contributed by atoms with Crippen molar-refractivity contribution in [2.75, 3.05) is 21.3 Å². The maximum absolute atomic E-state index is 7.57. The summed E-state index contributed by atoms with van der Waals surface area (Å²) in [6, 6.07) is 3.43. The lowest BCUT2D eigenvalue weighted by atomic mass is 10.2. The lowest BCUT2D eigenvalue weighted by Gasteiger charge is -2.11. The van der Waals surface area contributed by atoms with E-state index in [-0.39, 0.29) is 5.90 Å². The minimum Gasteiger partial charge on any atom is -0.493 e. The van der Waals surface area contributed by atoms with Crippen molar-refractivity contribution < 1.29 is 14.2 Å². The largest absolute Gasteiger partial charge is 0.493 e. The van der Waals surface area contributed by atoms with Gasteiger partial charge in [-0.15, -0.1) is 0 Å². The Kier molecular flexibility index (Phi) is 3.96. The van der Waals surface area contributed by atoms with Gasteiger partial charge in [-0.05, 0) is 28.1 Å². The summed E-state index contributed by atoms with van der Waals surface area (Å²) in [6.07, 6.45) is 0. The molecule has 0 radical (unpaired) electrons. The summed E-state index contributed by atoms with van der Waals surface area (Å²) in [5.74, 6) is 1.25. The van der Waals surface area contributed by atoms with Crippen LogP contribution in [0.1, 0.15) is 5.56 Å². The average Bonchev–Trinajstić information content (AvgIpc) is 2.27. The Morgan fingerprint density at radius 1 is 1.13 bits per heavy atom. The van der Waals surface area contributed by atoms with Gasteiger partial charge in [-0.3, -0.25) is 5.41 Å². The second-order valence-corrected chi connectivity index (χ2v) is 3.57. The number of nitrogens with one attached hydrogen (secondary N) is 1. The minimum atomic E-state index is 0.0721. The number of benzene rings is 1. The topological polar surface area (TPSA) is 51.5 Å². The van der Waals surface area contributed by atoms with E-state index in [1.54, 1.807) is 26.4 Å². The van der Waals surface area contributed by atoms with Gasteiger partial charge in [-0.25, -0.2) is 0 Å². The molecular weight excluding hydrogens is 262 g/mol. The van der Waals surface area contributed by atoms with Crippen LogP contribution in [0.2, 0.25) is 0 Å². The highest BCUT2D eigenvalue weighted by molar-refractivity contribution is 9.10.